The van der Waals surface area contributed by atoms with Gasteiger partial charge in [-0.25, -0.2) is 4.39 Å². The van der Waals surface area contributed by atoms with Gasteiger partial charge in [0.25, 0.3) is 0 Å². The Morgan fingerprint density at radius 3 is 2.50 bits per heavy atom. The standard InChI is InChI=1S/C14H19FN2O/c1-3-16-7-9-17(10-8-16)13-6-4-5-12(11(2)18)14(13)15/h4-6H,3,7-10H2,1-2H3. The number of benzene rings is 1. The minimum atomic E-state index is -0.380. The zero-order chi connectivity index (χ0) is 13.1. The third-order valence-electron chi connectivity index (χ3n) is 3.52. The molecule has 0 unspecified atom stereocenters. The lowest BCUT2D eigenvalue weighted by Crippen LogP contribution is -2.46. The summed E-state index contributed by atoms with van der Waals surface area (Å²) in [5.74, 6) is -0.600. The molecule has 0 saturated carbocycles. The van der Waals surface area contributed by atoms with Crippen LogP contribution in [-0.4, -0.2) is 43.4 Å². The Kier molecular flexibility index (Phi) is 3.97. The van der Waals surface area contributed by atoms with Crippen LogP contribution in [0.25, 0.3) is 0 Å². The Hall–Kier alpha value is -1.42. The fraction of sp³-hybridized carbons (Fsp3) is 0.500. The molecule has 1 aliphatic heterocycles. The van der Waals surface area contributed by atoms with E-state index in [1.807, 2.05) is 4.90 Å². The van der Waals surface area contributed by atoms with Crippen molar-refractivity contribution in [1.82, 2.24) is 4.90 Å². The highest BCUT2D eigenvalue weighted by Gasteiger charge is 2.20. The highest BCUT2D eigenvalue weighted by molar-refractivity contribution is 5.95. The van der Waals surface area contributed by atoms with Gasteiger partial charge in [0.15, 0.2) is 11.6 Å². The van der Waals surface area contributed by atoms with Crippen molar-refractivity contribution in [2.24, 2.45) is 0 Å². The summed E-state index contributed by atoms with van der Waals surface area (Å²) in [5.41, 5.74) is 0.740. The molecule has 0 bridgehead atoms. The predicted octanol–water partition coefficient (Wildman–Crippen LogP) is 2.17. The number of rotatable bonds is 3. The molecule has 1 heterocycles. The fourth-order valence-electron chi connectivity index (χ4n) is 2.34. The molecule has 0 aromatic heterocycles. The molecule has 0 N–H and O–H groups in total. The Labute approximate surface area is 107 Å². The smallest absolute Gasteiger partial charge is 0.162 e. The first-order valence-electron chi connectivity index (χ1n) is 6.40. The summed E-state index contributed by atoms with van der Waals surface area (Å²) in [4.78, 5) is 15.7. The van der Waals surface area contributed by atoms with Crippen molar-refractivity contribution >= 4 is 11.5 Å². The van der Waals surface area contributed by atoms with Gasteiger partial charge in [-0.1, -0.05) is 13.0 Å². The number of hydrogen-bond acceptors (Lipinski definition) is 3. The van der Waals surface area contributed by atoms with Gasteiger partial charge in [-0.2, -0.15) is 0 Å². The van der Waals surface area contributed by atoms with E-state index >= 15 is 0 Å². The summed E-state index contributed by atoms with van der Waals surface area (Å²) in [6.07, 6.45) is 0. The summed E-state index contributed by atoms with van der Waals surface area (Å²) in [5, 5.41) is 0. The van der Waals surface area contributed by atoms with Gasteiger partial charge in [0.2, 0.25) is 0 Å². The molecule has 1 saturated heterocycles. The SMILES string of the molecule is CCN1CCN(c2cccc(C(C)=O)c2F)CC1. The zero-order valence-electron chi connectivity index (χ0n) is 10.9. The first-order valence-corrected chi connectivity index (χ1v) is 6.40. The molecule has 0 amide bonds. The Balaban J connectivity index is 2.19. The maximum atomic E-state index is 14.2. The third kappa shape index (κ3) is 2.53. The molecule has 18 heavy (non-hydrogen) atoms. The molecule has 1 aliphatic rings. The van der Waals surface area contributed by atoms with E-state index in [1.165, 1.54) is 6.92 Å². The predicted molar refractivity (Wildman–Crippen MR) is 70.7 cm³/mol. The Morgan fingerprint density at radius 1 is 1.28 bits per heavy atom. The summed E-state index contributed by atoms with van der Waals surface area (Å²) >= 11 is 0. The zero-order valence-corrected chi connectivity index (χ0v) is 10.9. The van der Waals surface area contributed by atoms with Crippen LogP contribution in [0, 0.1) is 5.82 Å². The highest BCUT2D eigenvalue weighted by atomic mass is 19.1. The van der Waals surface area contributed by atoms with E-state index in [9.17, 15) is 9.18 Å². The summed E-state index contributed by atoms with van der Waals surface area (Å²) < 4.78 is 14.2. The summed E-state index contributed by atoms with van der Waals surface area (Å²) in [7, 11) is 0. The van der Waals surface area contributed by atoms with E-state index in [-0.39, 0.29) is 17.2 Å². The Morgan fingerprint density at radius 2 is 1.94 bits per heavy atom. The van der Waals surface area contributed by atoms with Gasteiger partial charge < -0.3 is 9.80 Å². The molecule has 98 valence electrons. The van der Waals surface area contributed by atoms with Crippen LogP contribution in [0.15, 0.2) is 18.2 Å². The number of ketones is 1. The second kappa shape index (κ2) is 5.48. The van der Waals surface area contributed by atoms with E-state index in [0.717, 1.165) is 32.7 Å². The quantitative estimate of drug-likeness (QED) is 0.768. The van der Waals surface area contributed by atoms with Crippen molar-refractivity contribution in [2.75, 3.05) is 37.6 Å². The minimum absolute atomic E-state index is 0.186. The second-order valence-electron chi connectivity index (χ2n) is 4.62. The van der Waals surface area contributed by atoms with Gasteiger partial charge in [0, 0.05) is 26.2 Å². The maximum Gasteiger partial charge on any atom is 0.162 e. The summed E-state index contributed by atoms with van der Waals surface area (Å²) in [6, 6.07) is 5.05. The van der Waals surface area contributed by atoms with Gasteiger partial charge >= 0.3 is 0 Å². The van der Waals surface area contributed by atoms with Gasteiger partial charge in [0.1, 0.15) is 0 Å². The molecule has 0 aliphatic carbocycles. The molecule has 4 heteroatoms. The van der Waals surface area contributed by atoms with E-state index in [0.29, 0.717) is 5.69 Å². The molecule has 0 radical (unpaired) electrons. The lowest BCUT2D eigenvalue weighted by Gasteiger charge is -2.35. The molecule has 1 aromatic carbocycles. The van der Waals surface area contributed by atoms with Crippen LogP contribution in [0.5, 0.6) is 0 Å². The number of halogens is 1. The largest absolute Gasteiger partial charge is 0.367 e. The molecule has 0 spiro atoms. The molecule has 3 nitrogen and oxygen atoms in total. The van der Waals surface area contributed by atoms with E-state index in [2.05, 4.69) is 11.8 Å². The number of likely N-dealkylation sites (N-methyl/N-ethyl adjacent to an activating group) is 1. The number of carbonyl (C=O) groups excluding carboxylic acids is 1. The number of anilines is 1. The molecule has 1 fully saturated rings. The average molecular weight is 250 g/mol. The lowest BCUT2D eigenvalue weighted by molar-refractivity contribution is 0.101. The van der Waals surface area contributed by atoms with Crippen molar-refractivity contribution in [2.45, 2.75) is 13.8 Å². The monoisotopic (exact) mass is 250 g/mol. The van der Waals surface area contributed by atoms with Crippen LogP contribution in [-0.2, 0) is 0 Å². The second-order valence-corrected chi connectivity index (χ2v) is 4.62. The van der Waals surface area contributed by atoms with Crippen LogP contribution in [0.3, 0.4) is 0 Å². The first-order chi connectivity index (χ1) is 8.63. The van der Waals surface area contributed by atoms with Gasteiger partial charge in [-0.05, 0) is 25.6 Å². The van der Waals surface area contributed by atoms with Crippen LogP contribution in [0.2, 0.25) is 0 Å². The Bertz CT molecular complexity index is 439. The minimum Gasteiger partial charge on any atom is -0.367 e. The van der Waals surface area contributed by atoms with Gasteiger partial charge in [-0.15, -0.1) is 0 Å². The van der Waals surface area contributed by atoms with Crippen molar-refractivity contribution in [3.63, 3.8) is 0 Å². The van der Waals surface area contributed by atoms with E-state index < -0.39 is 0 Å². The molecular formula is C14H19FN2O. The third-order valence-corrected chi connectivity index (χ3v) is 3.52. The van der Waals surface area contributed by atoms with Gasteiger partial charge in [0.05, 0.1) is 11.3 Å². The fourth-order valence-corrected chi connectivity index (χ4v) is 2.34. The van der Waals surface area contributed by atoms with E-state index in [1.54, 1.807) is 18.2 Å². The van der Waals surface area contributed by atoms with E-state index in [4.69, 9.17) is 0 Å². The summed E-state index contributed by atoms with van der Waals surface area (Å²) in [6.45, 7) is 8.08. The maximum absolute atomic E-state index is 14.2. The topological polar surface area (TPSA) is 23.6 Å². The number of piperazine rings is 1. The highest BCUT2D eigenvalue weighted by Crippen LogP contribution is 2.23. The van der Waals surface area contributed by atoms with Crippen molar-refractivity contribution in [3.8, 4) is 0 Å². The normalized spacial score (nSPS) is 16.9. The number of Topliss-reactive ketones (excluding diaryl/α,β-unsaturated/α-hetero) is 1. The lowest BCUT2D eigenvalue weighted by atomic mass is 10.1. The number of nitrogens with zero attached hydrogens (tertiary/aromatic N) is 2. The van der Waals surface area contributed by atoms with Crippen LogP contribution < -0.4 is 4.90 Å². The molecular weight excluding hydrogens is 231 g/mol. The van der Waals surface area contributed by atoms with Crippen molar-refractivity contribution < 1.29 is 9.18 Å². The first kappa shape index (κ1) is 13.0. The van der Waals surface area contributed by atoms with Crippen LogP contribution >= 0.6 is 0 Å². The molecule has 0 atom stereocenters. The molecule has 1 aromatic rings. The average Bonchev–Trinajstić information content (AvgIpc) is 2.39. The number of carbonyl (C=O) groups is 1. The van der Waals surface area contributed by atoms with Crippen LogP contribution in [0.4, 0.5) is 10.1 Å². The van der Waals surface area contributed by atoms with Gasteiger partial charge in [-0.3, -0.25) is 4.79 Å². The van der Waals surface area contributed by atoms with Crippen molar-refractivity contribution in [3.05, 3.63) is 29.6 Å². The number of hydrogen-bond donors (Lipinski definition) is 0. The molecule has 2 rings (SSSR count). The van der Waals surface area contributed by atoms with Crippen LogP contribution in [0.1, 0.15) is 24.2 Å². The van der Waals surface area contributed by atoms with Crippen molar-refractivity contribution in [1.29, 1.82) is 0 Å².